The maximum absolute atomic E-state index is 6.98. The van der Waals surface area contributed by atoms with Gasteiger partial charge in [-0.2, -0.15) is 0 Å². The summed E-state index contributed by atoms with van der Waals surface area (Å²) < 4.78 is 0. The van der Waals surface area contributed by atoms with Gasteiger partial charge in [0, 0.05) is 18.5 Å². The molecule has 0 heterocycles. The molecule has 9 heavy (non-hydrogen) atoms. The molecule has 0 aliphatic carbocycles. The van der Waals surface area contributed by atoms with Gasteiger partial charge < -0.3 is 5.41 Å². The van der Waals surface area contributed by atoms with E-state index in [4.69, 9.17) is 5.41 Å². The fourth-order valence-corrected chi connectivity index (χ4v) is 0.451. The van der Waals surface area contributed by atoms with Crippen molar-refractivity contribution in [2.24, 2.45) is 4.99 Å². The zero-order chi connectivity index (χ0) is 7.11. The van der Waals surface area contributed by atoms with Gasteiger partial charge in [-0.05, 0) is 13.3 Å². The average molecular weight is 126 g/mol. The molecule has 0 aliphatic rings. The van der Waals surface area contributed by atoms with Gasteiger partial charge in [-0.15, -0.1) is 0 Å². The van der Waals surface area contributed by atoms with Gasteiger partial charge in [0.25, 0.3) is 0 Å². The predicted molar refractivity (Wildman–Crippen MR) is 41.7 cm³/mol. The van der Waals surface area contributed by atoms with Gasteiger partial charge in [-0.25, -0.2) is 0 Å². The van der Waals surface area contributed by atoms with E-state index >= 15 is 0 Å². The number of hydrogen-bond donors (Lipinski definition) is 1. The second-order valence-electron chi connectivity index (χ2n) is 2.07. The molecule has 0 radical (unpaired) electrons. The van der Waals surface area contributed by atoms with Crippen molar-refractivity contribution in [2.75, 3.05) is 6.54 Å². The third-order valence-corrected chi connectivity index (χ3v) is 0.926. The van der Waals surface area contributed by atoms with Gasteiger partial charge in [0.2, 0.25) is 0 Å². The third kappa shape index (κ3) is 7.34. The van der Waals surface area contributed by atoms with E-state index in [1.807, 2.05) is 0 Å². The second-order valence-corrected chi connectivity index (χ2v) is 2.07. The Bertz CT molecular complexity index is 105. The van der Waals surface area contributed by atoms with Crippen molar-refractivity contribution in [3.8, 4) is 0 Å². The van der Waals surface area contributed by atoms with Gasteiger partial charge in [-0.3, -0.25) is 4.99 Å². The van der Waals surface area contributed by atoms with E-state index in [1.165, 1.54) is 6.42 Å². The van der Waals surface area contributed by atoms with Gasteiger partial charge >= 0.3 is 0 Å². The first kappa shape index (κ1) is 8.34. The lowest BCUT2D eigenvalue weighted by Gasteiger charge is -1.87. The van der Waals surface area contributed by atoms with Crippen molar-refractivity contribution in [3.63, 3.8) is 0 Å². The van der Waals surface area contributed by atoms with Crippen molar-refractivity contribution in [1.29, 1.82) is 5.41 Å². The summed E-state index contributed by atoms with van der Waals surface area (Å²) in [6.45, 7) is 4.73. The number of nitrogens with one attached hydrogen (secondary N) is 1. The standard InChI is InChI=1S/C7H14N2/c1-3-4-5-9-6-7(2)8/h6,8H,3-5H2,1-2H3. The van der Waals surface area contributed by atoms with Crippen LogP contribution in [0.25, 0.3) is 0 Å². The minimum absolute atomic E-state index is 0.533. The molecule has 0 fully saturated rings. The molecular weight excluding hydrogens is 112 g/mol. The van der Waals surface area contributed by atoms with Crippen LogP contribution in [-0.2, 0) is 0 Å². The molecule has 0 amide bonds. The number of nitrogens with zero attached hydrogens (tertiary/aromatic N) is 1. The smallest absolute Gasteiger partial charge is 0.0461 e. The molecule has 0 aromatic rings. The van der Waals surface area contributed by atoms with Crippen LogP contribution in [-0.4, -0.2) is 18.5 Å². The van der Waals surface area contributed by atoms with E-state index in [0.717, 1.165) is 13.0 Å². The quantitative estimate of drug-likeness (QED) is 0.441. The van der Waals surface area contributed by atoms with Gasteiger partial charge in [0.1, 0.15) is 0 Å². The zero-order valence-corrected chi connectivity index (χ0v) is 6.15. The zero-order valence-electron chi connectivity index (χ0n) is 6.15. The van der Waals surface area contributed by atoms with Gasteiger partial charge in [0.05, 0.1) is 0 Å². The Morgan fingerprint density at radius 3 is 2.78 bits per heavy atom. The molecule has 1 N–H and O–H groups in total. The van der Waals surface area contributed by atoms with E-state index in [-0.39, 0.29) is 0 Å². The highest BCUT2D eigenvalue weighted by atomic mass is 14.7. The molecule has 0 spiro atoms. The molecular formula is C7H14N2. The van der Waals surface area contributed by atoms with Gasteiger partial charge in [0.15, 0.2) is 0 Å². The number of unbranched alkanes of at least 4 members (excludes halogenated alkanes) is 1. The fraction of sp³-hybridized carbons (Fsp3) is 0.714. The highest BCUT2D eigenvalue weighted by molar-refractivity contribution is 6.27. The first-order chi connectivity index (χ1) is 4.27. The molecule has 0 bridgehead atoms. The van der Waals surface area contributed by atoms with Crippen LogP contribution in [0.15, 0.2) is 4.99 Å². The first-order valence-electron chi connectivity index (χ1n) is 3.32. The maximum Gasteiger partial charge on any atom is 0.0461 e. The normalized spacial score (nSPS) is 10.4. The fourth-order valence-electron chi connectivity index (χ4n) is 0.451. The third-order valence-electron chi connectivity index (χ3n) is 0.926. The van der Waals surface area contributed by atoms with E-state index in [9.17, 15) is 0 Å². The minimum Gasteiger partial charge on any atom is -0.304 e. The lowest BCUT2D eigenvalue weighted by molar-refractivity contribution is 0.811. The molecule has 0 unspecified atom stereocenters. The Balaban J connectivity index is 3.15. The summed E-state index contributed by atoms with van der Waals surface area (Å²) in [4.78, 5) is 4.01. The van der Waals surface area contributed by atoms with E-state index in [0.29, 0.717) is 5.71 Å². The molecule has 52 valence electrons. The van der Waals surface area contributed by atoms with Crippen LogP contribution in [0.2, 0.25) is 0 Å². The lowest BCUT2D eigenvalue weighted by atomic mass is 10.3. The summed E-state index contributed by atoms with van der Waals surface area (Å²) in [6, 6.07) is 0. The Hall–Kier alpha value is -0.660. The number of hydrogen-bond acceptors (Lipinski definition) is 2. The van der Waals surface area contributed by atoms with Crippen molar-refractivity contribution in [2.45, 2.75) is 26.7 Å². The van der Waals surface area contributed by atoms with E-state index < -0.39 is 0 Å². The topological polar surface area (TPSA) is 36.2 Å². The molecule has 0 aliphatic heterocycles. The summed E-state index contributed by atoms with van der Waals surface area (Å²) >= 11 is 0. The highest BCUT2D eigenvalue weighted by Gasteiger charge is 1.78. The first-order valence-corrected chi connectivity index (χ1v) is 3.32. The molecule has 2 nitrogen and oxygen atoms in total. The minimum atomic E-state index is 0.533. The monoisotopic (exact) mass is 126 g/mol. The van der Waals surface area contributed by atoms with E-state index in [1.54, 1.807) is 13.1 Å². The predicted octanol–water partition coefficient (Wildman–Crippen LogP) is 1.90. The van der Waals surface area contributed by atoms with Crippen LogP contribution in [0.3, 0.4) is 0 Å². The Morgan fingerprint density at radius 2 is 2.33 bits per heavy atom. The van der Waals surface area contributed by atoms with Crippen LogP contribution in [0.1, 0.15) is 26.7 Å². The highest BCUT2D eigenvalue weighted by Crippen LogP contribution is 1.84. The number of aliphatic imine (C=N–C) groups is 1. The van der Waals surface area contributed by atoms with Crippen molar-refractivity contribution >= 4 is 11.9 Å². The molecule has 0 saturated heterocycles. The Labute approximate surface area is 56.5 Å². The molecule has 0 atom stereocenters. The molecule has 0 rings (SSSR count). The van der Waals surface area contributed by atoms with Crippen LogP contribution < -0.4 is 0 Å². The molecule has 0 aromatic carbocycles. The van der Waals surface area contributed by atoms with Crippen molar-refractivity contribution in [3.05, 3.63) is 0 Å². The van der Waals surface area contributed by atoms with Crippen LogP contribution in [0.4, 0.5) is 0 Å². The van der Waals surface area contributed by atoms with Crippen molar-refractivity contribution < 1.29 is 0 Å². The summed E-state index contributed by atoms with van der Waals surface area (Å²) in [5, 5.41) is 6.98. The molecule has 2 heteroatoms. The van der Waals surface area contributed by atoms with Crippen LogP contribution in [0, 0.1) is 5.41 Å². The SMILES string of the molecule is CCCCN=CC(C)=N. The summed E-state index contributed by atoms with van der Waals surface area (Å²) in [5.74, 6) is 0. The maximum atomic E-state index is 6.98. The lowest BCUT2D eigenvalue weighted by Crippen LogP contribution is -1.89. The second kappa shape index (κ2) is 5.48. The summed E-state index contributed by atoms with van der Waals surface area (Å²) in [7, 11) is 0. The largest absolute Gasteiger partial charge is 0.304 e. The molecule has 0 saturated carbocycles. The van der Waals surface area contributed by atoms with Crippen LogP contribution >= 0.6 is 0 Å². The molecule has 0 aromatic heterocycles. The summed E-state index contributed by atoms with van der Waals surface area (Å²) in [6.07, 6.45) is 3.91. The average Bonchev–Trinajstić information content (AvgIpc) is 1.80. The Morgan fingerprint density at radius 1 is 1.67 bits per heavy atom. The van der Waals surface area contributed by atoms with Gasteiger partial charge in [-0.1, -0.05) is 13.3 Å². The van der Waals surface area contributed by atoms with Crippen molar-refractivity contribution in [1.82, 2.24) is 0 Å². The Kier molecular flexibility index (Phi) is 5.07. The number of rotatable bonds is 4. The summed E-state index contributed by atoms with van der Waals surface area (Å²) in [5.41, 5.74) is 0.533. The van der Waals surface area contributed by atoms with E-state index in [2.05, 4.69) is 11.9 Å². The van der Waals surface area contributed by atoms with Crippen LogP contribution in [0.5, 0.6) is 0 Å².